The zero-order chi connectivity index (χ0) is 11.6. The number of rotatable bonds is 3. The number of benzene rings is 1. The molecule has 4 heteroatoms. The second kappa shape index (κ2) is 4.23. The third-order valence-electron chi connectivity index (χ3n) is 3.02. The van der Waals surface area contributed by atoms with E-state index in [2.05, 4.69) is 5.32 Å². The largest absolute Gasteiger partial charge is 0.480 e. The molecule has 1 heterocycles. The van der Waals surface area contributed by atoms with Crippen molar-refractivity contribution >= 4 is 5.97 Å². The van der Waals surface area contributed by atoms with Crippen molar-refractivity contribution in [3.63, 3.8) is 0 Å². The summed E-state index contributed by atoms with van der Waals surface area (Å²) >= 11 is 0. The van der Waals surface area contributed by atoms with Crippen LogP contribution >= 0.6 is 0 Å². The Kier molecular flexibility index (Phi) is 2.94. The van der Waals surface area contributed by atoms with Gasteiger partial charge < -0.3 is 10.2 Å². The molecule has 0 aromatic heterocycles. The van der Waals surface area contributed by atoms with Gasteiger partial charge in [-0.2, -0.15) is 0 Å². The second-order valence-electron chi connectivity index (χ2n) is 4.29. The van der Waals surface area contributed by atoms with Crippen LogP contribution in [-0.2, 0) is 11.2 Å². The highest BCUT2D eigenvalue weighted by molar-refractivity contribution is 5.80. The molecule has 2 rings (SSSR count). The van der Waals surface area contributed by atoms with Crippen LogP contribution in [0.25, 0.3) is 0 Å². The van der Waals surface area contributed by atoms with E-state index in [-0.39, 0.29) is 6.42 Å². The second-order valence-corrected chi connectivity index (χ2v) is 4.29. The van der Waals surface area contributed by atoms with Crippen LogP contribution in [0.15, 0.2) is 30.3 Å². The quantitative estimate of drug-likeness (QED) is 0.691. The Morgan fingerprint density at radius 2 is 2.12 bits per heavy atom. The van der Waals surface area contributed by atoms with Gasteiger partial charge in [-0.05, 0) is 5.56 Å². The van der Waals surface area contributed by atoms with E-state index in [1.807, 2.05) is 30.3 Å². The molecule has 0 spiro atoms. The molecule has 16 heavy (non-hydrogen) atoms. The first-order valence-electron chi connectivity index (χ1n) is 5.33. The van der Waals surface area contributed by atoms with Crippen LogP contribution in [0.3, 0.4) is 0 Å². The Balaban J connectivity index is 2.19. The average Bonchev–Trinajstić information content (AvgIpc) is 2.63. The third-order valence-corrected chi connectivity index (χ3v) is 3.02. The maximum atomic E-state index is 11.3. The first-order valence-corrected chi connectivity index (χ1v) is 5.33. The number of carboxylic acids is 1. The number of β-amino-alcohol motifs (C(OH)–C–C–N with tert-alkyl or cyclic N) is 1. The summed E-state index contributed by atoms with van der Waals surface area (Å²) in [5.74, 6) is -0.895. The molecular weight excluding hydrogens is 206 g/mol. The minimum absolute atomic E-state index is 0.261. The van der Waals surface area contributed by atoms with E-state index in [1.54, 1.807) is 0 Å². The van der Waals surface area contributed by atoms with Gasteiger partial charge in [0.15, 0.2) is 0 Å². The molecule has 2 unspecified atom stereocenters. The smallest absolute Gasteiger partial charge is 0.324 e. The molecular formula is C12H15NO3. The Labute approximate surface area is 93.9 Å². The molecule has 3 N–H and O–H groups in total. The van der Waals surface area contributed by atoms with Crippen LogP contribution in [0.5, 0.6) is 0 Å². The normalized spacial score (nSPS) is 29.2. The van der Waals surface area contributed by atoms with Crippen molar-refractivity contribution in [1.82, 2.24) is 5.32 Å². The topological polar surface area (TPSA) is 69.6 Å². The fraction of sp³-hybridized carbons (Fsp3) is 0.417. The number of aliphatic carboxylic acids is 1. The highest BCUT2D eigenvalue weighted by Crippen LogP contribution is 2.24. The molecule has 1 aromatic carbocycles. The number of aliphatic hydroxyl groups excluding tert-OH is 1. The Hall–Kier alpha value is -1.39. The van der Waals surface area contributed by atoms with Crippen molar-refractivity contribution < 1.29 is 15.0 Å². The van der Waals surface area contributed by atoms with Crippen molar-refractivity contribution in [3.8, 4) is 0 Å². The standard InChI is InChI=1S/C12H15NO3/c14-10-7-12(11(15)16,13-8-10)6-9-4-2-1-3-5-9/h1-5,10,13-14H,6-8H2,(H,15,16). The lowest BCUT2D eigenvalue weighted by atomic mass is 9.89. The predicted molar refractivity (Wildman–Crippen MR) is 59.1 cm³/mol. The van der Waals surface area contributed by atoms with Crippen LogP contribution in [0.4, 0.5) is 0 Å². The molecule has 86 valence electrons. The molecule has 1 aromatic rings. The van der Waals surface area contributed by atoms with Gasteiger partial charge in [-0.1, -0.05) is 30.3 Å². The summed E-state index contributed by atoms with van der Waals surface area (Å²) in [5.41, 5.74) is -0.0488. The highest BCUT2D eigenvalue weighted by atomic mass is 16.4. The fourth-order valence-corrected chi connectivity index (χ4v) is 2.18. The molecule has 4 nitrogen and oxygen atoms in total. The molecule has 0 radical (unpaired) electrons. The molecule has 1 fully saturated rings. The maximum Gasteiger partial charge on any atom is 0.324 e. The summed E-state index contributed by atoms with van der Waals surface area (Å²) in [7, 11) is 0. The van der Waals surface area contributed by atoms with E-state index in [4.69, 9.17) is 0 Å². The number of hydrogen-bond acceptors (Lipinski definition) is 3. The van der Waals surface area contributed by atoms with Gasteiger partial charge in [0.05, 0.1) is 6.10 Å². The van der Waals surface area contributed by atoms with Crippen LogP contribution in [0.2, 0.25) is 0 Å². The summed E-state index contributed by atoms with van der Waals surface area (Å²) < 4.78 is 0. The number of carboxylic acid groups (broad SMARTS) is 1. The van der Waals surface area contributed by atoms with Crippen molar-refractivity contribution in [2.75, 3.05) is 6.54 Å². The monoisotopic (exact) mass is 221 g/mol. The first kappa shape index (κ1) is 11.1. The van der Waals surface area contributed by atoms with Gasteiger partial charge >= 0.3 is 5.97 Å². The zero-order valence-corrected chi connectivity index (χ0v) is 8.89. The number of hydrogen-bond donors (Lipinski definition) is 3. The number of aliphatic hydroxyl groups is 1. The summed E-state index contributed by atoms with van der Waals surface area (Å²) in [6.07, 6.45) is 0.0945. The van der Waals surface area contributed by atoms with Crippen molar-refractivity contribution in [2.24, 2.45) is 0 Å². The van der Waals surface area contributed by atoms with Crippen LogP contribution < -0.4 is 5.32 Å². The predicted octanol–water partition coefficient (Wildman–Crippen LogP) is 0.407. The van der Waals surface area contributed by atoms with Gasteiger partial charge in [0, 0.05) is 19.4 Å². The number of carbonyl (C=O) groups is 1. The lowest BCUT2D eigenvalue weighted by Gasteiger charge is -2.24. The number of nitrogens with one attached hydrogen (secondary N) is 1. The summed E-state index contributed by atoms with van der Waals surface area (Å²) in [5, 5.41) is 21.7. The van der Waals surface area contributed by atoms with Gasteiger partial charge in [0.1, 0.15) is 5.54 Å². The SMILES string of the molecule is O=C(O)C1(Cc2ccccc2)CC(O)CN1. The Morgan fingerprint density at radius 3 is 2.62 bits per heavy atom. The zero-order valence-electron chi connectivity index (χ0n) is 8.89. The minimum atomic E-state index is -1.01. The molecule has 0 saturated carbocycles. The van der Waals surface area contributed by atoms with Crippen molar-refractivity contribution in [1.29, 1.82) is 0 Å². The minimum Gasteiger partial charge on any atom is -0.480 e. The molecule has 1 aliphatic rings. The van der Waals surface area contributed by atoms with E-state index in [1.165, 1.54) is 0 Å². The summed E-state index contributed by atoms with van der Waals surface area (Å²) in [6.45, 7) is 0.346. The molecule has 1 saturated heterocycles. The van der Waals surface area contributed by atoms with Gasteiger partial charge in [-0.25, -0.2) is 0 Å². The van der Waals surface area contributed by atoms with Crippen LogP contribution in [0, 0.1) is 0 Å². The van der Waals surface area contributed by atoms with E-state index >= 15 is 0 Å². The highest BCUT2D eigenvalue weighted by Gasteiger charge is 2.44. The molecule has 1 aliphatic heterocycles. The van der Waals surface area contributed by atoms with E-state index in [9.17, 15) is 15.0 Å². The molecule has 0 aliphatic carbocycles. The van der Waals surface area contributed by atoms with Crippen LogP contribution in [-0.4, -0.2) is 34.4 Å². The van der Waals surface area contributed by atoms with Gasteiger partial charge in [0.2, 0.25) is 0 Å². The van der Waals surface area contributed by atoms with Gasteiger partial charge in [-0.3, -0.25) is 10.1 Å². The maximum absolute atomic E-state index is 11.3. The summed E-state index contributed by atoms with van der Waals surface area (Å²) in [6, 6.07) is 9.47. The molecule has 2 atom stereocenters. The van der Waals surface area contributed by atoms with Crippen molar-refractivity contribution in [2.45, 2.75) is 24.5 Å². The fourth-order valence-electron chi connectivity index (χ4n) is 2.18. The Bertz CT molecular complexity index is 379. The first-order chi connectivity index (χ1) is 7.62. The lowest BCUT2D eigenvalue weighted by molar-refractivity contribution is -0.144. The lowest BCUT2D eigenvalue weighted by Crippen LogP contribution is -2.49. The van der Waals surface area contributed by atoms with E-state index in [0.29, 0.717) is 13.0 Å². The Morgan fingerprint density at radius 1 is 1.44 bits per heavy atom. The average molecular weight is 221 g/mol. The van der Waals surface area contributed by atoms with E-state index < -0.39 is 17.6 Å². The van der Waals surface area contributed by atoms with Gasteiger partial charge in [0.25, 0.3) is 0 Å². The third kappa shape index (κ3) is 2.08. The van der Waals surface area contributed by atoms with Crippen molar-refractivity contribution in [3.05, 3.63) is 35.9 Å². The molecule has 0 amide bonds. The molecule has 0 bridgehead atoms. The van der Waals surface area contributed by atoms with Crippen LogP contribution in [0.1, 0.15) is 12.0 Å². The van der Waals surface area contributed by atoms with E-state index in [0.717, 1.165) is 5.56 Å². The summed E-state index contributed by atoms with van der Waals surface area (Å²) in [4.78, 5) is 11.3. The van der Waals surface area contributed by atoms with Gasteiger partial charge in [-0.15, -0.1) is 0 Å².